The van der Waals surface area contributed by atoms with Crippen molar-refractivity contribution < 1.29 is 9.84 Å². The van der Waals surface area contributed by atoms with E-state index < -0.39 is 0 Å². The molecule has 0 spiro atoms. The van der Waals surface area contributed by atoms with E-state index in [1.807, 2.05) is 0 Å². The number of hydrogen-bond donors (Lipinski definition) is 1. The lowest BCUT2D eigenvalue weighted by Gasteiger charge is -2.33. The summed E-state index contributed by atoms with van der Waals surface area (Å²) in [5.41, 5.74) is -0.143. The van der Waals surface area contributed by atoms with Crippen molar-refractivity contribution in [3.63, 3.8) is 0 Å². The zero-order valence-corrected chi connectivity index (χ0v) is 12.6. The molecule has 0 amide bonds. The first-order valence-corrected chi connectivity index (χ1v) is 6.98. The summed E-state index contributed by atoms with van der Waals surface area (Å²) in [6, 6.07) is 0.241. The quantitative estimate of drug-likeness (QED) is 0.803. The van der Waals surface area contributed by atoms with E-state index in [1.54, 1.807) is 7.11 Å². The Kier molecular flexibility index (Phi) is 6.05. The maximum absolute atomic E-state index is 10.4. The van der Waals surface area contributed by atoms with Crippen molar-refractivity contribution in [2.24, 2.45) is 0 Å². The Hall–Kier alpha value is -0.160. The van der Waals surface area contributed by atoms with Crippen LogP contribution in [0.1, 0.15) is 33.1 Å². The van der Waals surface area contributed by atoms with Gasteiger partial charge in [0.1, 0.15) is 0 Å². The van der Waals surface area contributed by atoms with Gasteiger partial charge in [-0.1, -0.05) is 0 Å². The minimum Gasteiger partial charge on any atom is -0.391 e. The number of likely N-dealkylation sites (N-methyl/N-ethyl adjacent to an activating group) is 2. The molecule has 1 aliphatic heterocycles. The van der Waals surface area contributed by atoms with Crippen LogP contribution in [0.15, 0.2) is 0 Å². The van der Waals surface area contributed by atoms with Crippen molar-refractivity contribution >= 4 is 0 Å². The number of methoxy groups -OCH3 is 1. The monoisotopic (exact) mass is 258 g/mol. The van der Waals surface area contributed by atoms with E-state index in [0.29, 0.717) is 0 Å². The molecule has 0 bridgehead atoms. The number of ether oxygens (including phenoxy) is 1. The second-order valence-corrected chi connectivity index (χ2v) is 6.23. The van der Waals surface area contributed by atoms with Gasteiger partial charge in [-0.15, -0.1) is 0 Å². The summed E-state index contributed by atoms with van der Waals surface area (Å²) in [4.78, 5) is 4.62. The van der Waals surface area contributed by atoms with E-state index in [4.69, 9.17) is 4.74 Å². The van der Waals surface area contributed by atoms with Crippen LogP contribution in [-0.4, -0.2) is 73.5 Å². The standard InChI is InChI=1S/C14H30N2O2/c1-14(2,18-5)8-7-13(17)12-11-15(3)9-6-10-16(12)4/h12-13,17H,6-11H2,1-5H3. The van der Waals surface area contributed by atoms with Gasteiger partial charge >= 0.3 is 0 Å². The molecule has 1 aliphatic rings. The summed E-state index contributed by atoms with van der Waals surface area (Å²) in [6.07, 6.45) is 2.59. The van der Waals surface area contributed by atoms with Crippen LogP contribution in [0.4, 0.5) is 0 Å². The van der Waals surface area contributed by atoms with E-state index >= 15 is 0 Å². The molecule has 0 radical (unpaired) electrons. The minimum atomic E-state index is -0.273. The lowest BCUT2D eigenvalue weighted by molar-refractivity contribution is -0.0107. The first kappa shape index (κ1) is 15.9. The molecule has 18 heavy (non-hydrogen) atoms. The Labute approximate surface area is 112 Å². The normalized spacial score (nSPS) is 26.0. The highest BCUT2D eigenvalue weighted by atomic mass is 16.5. The molecule has 4 heteroatoms. The average Bonchev–Trinajstić information content (AvgIpc) is 2.48. The second-order valence-electron chi connectivity index (χ2n) is 6.23. The van der Waals surface area contributed by atoms with Crippen LogP contribution in [-0.2, 0) is 4.74 Å². The highest BCUT2D eigenvalue weighted by Crippen LogP contribution is 2.20. The van der Waals surface area contributed by atoms with E-state index in [0.717, 1.165) is 32.5 Å². The van der Waals surface area contributed by atoms with Gasteiger partial charge < -0.3 is 14.7 Å². The lowest BCUT2D eigenvalue weighted by Crippen LogP contribution is -2.46. The third kappa shape index (κ3) is 4.84. The summed E-state index contributed by atoms with van der Waals surface area (Å²) < 4.78 is 5.41. The zero-order chi connectivity index (χ0) is 13.8. The fraction of sp³-hybridized carbons (Fsp3) is 1.00. The summed E-state index contributed by atoms with van der Waals surface area (Å²) in [6.45, 7) is 7.28. The maximum Gasteiger partial charge on any atom is 0.0708 e. The van der Waals surface area contributed by atoms with E-state index in [9.17, 15) is 5.11 Å². The van der Waals surface area contributed by atoms with Gasteiger partial charge in [-0.3, -0.25) is 4.90 Å². The van der Waals surface area contributed by atoms with Crippen molar-refractivity contribution in [1.29, 1.82) is 0 Å². The molecule has 0 aromatic carbocycles. The average molecular weight is 258 g/mol. The predicted octanol–water partition coefficient (Wildman–Crippen LogP) is 1.19. The first-order valence-electron chi connectivity index (χ1n) is 6.98. The molecule has 1 rings (SSSR count). The Morgan fingerprint density at radius 1 is 1.33 bits per heavy atom. The van der Waals surface area contributed by atoms with Gasteiger partial charge in [-0.05, 0) is 60.3 Å². The van der Waals surface area contributed by atoms with Crippen LogP contribution >= 0.6 is 0 Å². The first-order chi connectivity index (χ1) is 8.35. The van der Waals surface area contributed by atoms with Crippen LogP contribution < -0.4 is 0 Å². The molecule has 2 unspecified atom stereocenters. The van der Waals surface area contributed by atoms with E-state index in [2.05, 4.69) is 37.7 Å². The summed E-state index contributed by atoms with van der Waals surface area (Å²) in [5.74, 6) is 0. The van der Waals surface area contributed by atoms with Gasteiger partial charge in [0.05, 0.1) is 11.7 Å². The molecule has 1 heterocycles. The lowest BCUT2D eigenvalue weighted by atomic mass is 9.96. The number of nitrogens with zero attached hydrogens (tertiary/aromatic N) is 2. The van der Waals surface area contributed by atoms with Crippen molar-refractivity contribution in [3.05, 3.63) is 0 Å². The van der Waals surface area contributed by atoms with Crippen LogP contribution in [0, 0.1) is 0 Å². The van der Waals surface area contributed by atoms with Crippen LogP contribution in [0.25, 0.3) is 0 Å². The summed E-state index contributed by atoms with van der Waals surface area (Å²) in [5, 5.41) is 10.4. The molecule has 2 atom stereocenters. The van der Waals surface area contributed by atoms with Crippen molar-refractivity contribution in [2.45, 2.75) is 50.9 Å². The molecule has 0 aliphatic carbocycles. The number of aliphatic hydroxyl groups excluding tert-OH is 1. The van der Waals surface area contributed by atoms with Crippen molar-refractivity contribution in [3.8, 4) is 0 Å². The Balaban J connectivity index is 2.50. The smallest absolute Gasteiger partial charge is 0.0708 e. The van der Waals surface area contributed by atoms with Crippen LogP contribution in [0.3, 0.4) is 0 Å². The highest BCUT2D eigenvalue weighted by molar-refractivity contribution is 4.84. The van der Waals surface area contributed by atoms with Crippen LogP contribution in [0.5, 0.6) is 0 Å². The Bertz CT molecular complexity index is 246. The predicted molar refractivity (Wildman–Crippen MR) is 74.9 cm³/mol. The SMILES string of the molecule is COC(C)(C)CCC(O)C1CN(C)CCCN1C. The second kappa shape index (κ2) is 6.85. The molecule has 0 aromatic heterocycles. The molecule has 4 nitrogen and oxygen atoms in total. The van der Waals surface area contributed by atoms with Crippen molar-refractivity contribution in [1.82, 2.24) is 9.80 Å². The molecule has 1 fully saturated rings. The van der Waals surface area contributed by atoms with Crippen LogP contribution in [0.2, 0.25) is 0 Å². The summed E-state index contributed by atoms with van der Waals surface area (Å²) >= 11 is 0. The van der Waals surface area contributed by atoms with E-state index in [1.165, 1.54) is 6.42 Å². The van der Waals surface area contributed by atoms with Gasteiger partial charge in [0.25, 0.3) is 0 Å². The number of rotatable bonds is 5. The Morgan fingerprint density at radius 2 is 2.00 bits per heavy atom. The zero-order valence-electron chi connectivity index (χ0n) is 12.6. The third-order valence-corrected chi connectivity index (χ3v) is 4.15. The fourth-order valence-electron chi connectivity index (χ4n) is 2.51. The van der Waals surface area contributed by atoms with Gasteiger partial charge in [0.15, 0.2) is 0 Å². The molecular formula is C14H30N2O2. The van der Waals surface area contributed by atoms with Gasteiger partial charge in [-0.25, -0.2) is 0 Å². The van der Waals surface area contributed by atoms with E-state index in [-0.39, 0.29) is 17.7 Å². The van der Waals surface area contributed by atoms with Gasteiger partial charge in [0.2, 0.25) is 0 Å². The fourth-order valence-corrected chi connectivity index (χ4v) is 2.51. The van der Waals surface area contributed by atoms with Gasteiger partial charge in [0, 0.05) is 19.7 Å². The van der Waals surface area contributed by atoms with Gasteiger partial charge in [-0.2, -0.15) is 0 Å². The Morgan fingerprint density at radius 3 is 2.61 bits per heavy atom. The summed E-state index contributed by atoms with van der Waals surface area (Å²) in [7, 11) is 5.99. The number of hydrogen-bond acceptors (Lipinski definition) is 4. The highest BCUT2D eigenvalue weighted by Gasteiger charge is 2.28. The topological polar surface area (TPSA) is 35.9 Å². The molecule has 108 valence electrons. The van der Waals surface area contributed by atoms with Crippen molar-refractivity contribution in [2.75, 3.05) is 40.8 Å². The third-order valence-electron chi connectivity index (χ3n) is 4.15. The molecular weight excluding hydrogens is 228 g/mol. The largest absolute Gasteiger partial charge is 0.391 e. The molecule has 1 saturated heterocycles. The molecule has 1 N–H and O–H groups in total. The molecule has 0 aromatic rings. The minimum absolute atomic E-state index is 0.143. The molecule has 0 saturated carbocycles. The number of aliphatic hydroxyl groups is 1. The maximum atomic E-state index is 10.4.